The number of Topliss-reactive ketones (excluding diaryl/α,β-unsaturated/α-hetero) is 1. The number of aliphatic hydroxyl groups excluding tert-OH is 1. The summed E-state index contributed by atoms with van der Waals surface area (Å²) in [5, 5.41) is 11.5. The number of hydrogen-bond acceptors (Lipinski definition) is 5. The monoisotopic (exact) mass is 420 g/mol. The van der Waals surface area contributed by atoms with Crippen LogP contribution in [0.25, 0.3) is 5.76 Å². The first kappa shape index (κ1) is 19.7. The number of ether oxygens (including phenoxy) is 1. The van der Waals surface area contributed by atoms with Gasteiger partial charge in [-0.15, -0.1) is 0 Å². The van der Waals surface area contributed by atoms with Crippen molar-refractivity contribution in [2.24, 2.45) is 0 Å². The molecule has 0 spiro atoms. The van der Waals surface area contributed by atoms with Crippen molar-refractivity contribution < 1.29 is 19.4 Å². The van der Waals surface area contributed by atoms with Crippen LogP contribution in [0.2, 0.25) is 5.02 Å². The molecule has 0 saturated carbocycles. The largest absolute Gasteiger partial charge is 0.507 e. The van der Waals surface area contributed by atoms with Crippen LogP contribution in [-0.2, 0) is 9.59 Å². The minimum atomic E-state index is -0.888. The van der Waals surface area contributed by atoms with Crippen molar-refractivity contribution in [1.29, 1.82) is 0 Å². The Bertz CT molecular complexity index is 1140. The second-order valence-corrected chi connectivity index (χ2v) is 7.07. The van der Waals surface area contributed by atoms with Crippen LogP contribution in [0, 0.1) is 0 Å². The number of carbonyl (C=O) groups excluding carboxylic acids is 2. The topological polar surface area (TPSA) is 79.7 Å². The highest BCUT2D eigenvalue weighted by Crippen LogP contribution is 2.44. The van der Waals surface area contributed by atoms with Gasteiger partial charge in [-0.3, -0.25) is 19.5 Å². The van der Waals surface area contributed by atoms with Crippen molar-refractivity contribution in [3.8, 4) is 5.75 Å². The number of methoxy groups -OCH3 is 1. The summed E-state index contributed by atoms with van der Waals surface area (Å²) >= 11 is 5.94. The van der Waals surface area contributed by atoms with E-state index in [1.165, 1.54) is 18.2 Å². The lowest BCUT2D eigenvalue weighted by Gasteiger charge is -2.26. The molecule has 0 aliphatic carbocycles. The van der Waals surface area contributed by atoms with Crippen molar-refractivity contribution in [3.63, 3.8) is 0 Å². The maximum absolute atomic E-state index is 13.1. The number of pyridine rings is 1. The number of aromatic nitrogens is 1. The number of amides is 1. The van der Waals surface area contributed by atoms with Crippen LogP contribution in [0.5, 0.6) is 5.75 Å². The van der Waals surface area contributed by atoms with E-state index in [1.54, 1.807) is 66.9 Å². The van der Waals surface area contributed by atoms with E-state index in [0.29, 0.717) is 27.6 Å². The standard InChI is InChI=1S/C23H17ClN2O4/c1-30-18-7-3-2-6-17(18)20-19(21(27)14-8-10-15(24)11-9-14)22(28)23(29)26(20)16-5-4-12-25-13-16/h2-13,20,27H,1H3/b21-19-. The number of para-hydroxylation sites is 1. The predicted octanol–water partition coefficient (Wildman–Crippen LogP) is 4.37. The first-order valence-corrected chi connectivity index (χ1v) is 9.50. The molecular formula is C23H17ClN2O4. The molecule has 0 bridgehead atoms. The predicted molar refractivity (Wildman–Crippen MR) is 113 cm³/mol. The zero-order valence-corrected chi connectivity index (χ0v) is 16.7. The molecule has 0 radical (unpaired) electrons. The Morgan fingerprint density at radius 1 is 1.07 bits per heavy atom. The van der Waals surface area contributed by atoms with Crippen LogP contribution in [0.3, 0.4) is 0 Å². The minimum absolute atomic E-state index is 0.0318. The third kappa shape index (κ3) is 3.31. The number of rotatable bonds is 4. The number of carbonyl (C=O) groups is 2. The normalized spacial score (nSPS) is 17.9. The summed E-state index contributed by atoms with van der Waals surface area (Å²) in [6, 6.07) is 15.9. The average Bonchev–Trinajstić information content (AvgIpc) is 3.04. The molecule has 1 atom stereocenters. The number of anilines is 1. The van der Waals surface area contributed by atoms with Crippen molar-refractivity contribution in [1.82, 2.24) is 4.98 Å². The second kappa shape index (κ2) is 8.00. The molecule has 30 heavy (non-hydrogen) atoms. The van der Waals surface area contributed by atoms with Gasteiger partial charge in [-0.1, -0.05) is 29.8 Å². The molecule has 150 valence electrons. The van der Waals surface area contributed by atoms with Gasteiger partial charge >= 0.3 is 0 Å². The van der Waals surface area contributed by atoms with E-state index >= 15 is 0 Å². The summed E-state index contributed by atoms with van der Waals surface area (Å²) in [5.41, 5.74) is 1.35. The van der Waals surface area contributed by atoms with Crippen LogP contribution < -0.4 is 9.64 Å². The average molecular weight is 421 g/mol. The van der Waals surface area contributed by atoms with Gasteiger partial charge in [-0.25, -0.2) is 0 Å². The van der Waals surface area contributed by atoms with Crippen molar-refractivity contribution in [2.45, 2.75) is 6.04 Å². The molecular weight excluding hydrogens is 404 g/mol. The maximum Gasteiger partial charge on any atom is 0.300 e. The number of benzene rings is 2. The van der Waals surface area contributed by atoms with Gasteiger partial charge in [0.2, 0.25) is 0 Å². The molecule has 1 fully saturated rings. The fourth-order valence-corrected chi connectivity index (χ4v) is 3.67. The smallest absolute Gasteiger partial charge is 0.300 e. The minimum Gasteiger partial charge on any atom is -0.507 e. The quantitative estimate of drug-likeness (QED) is 0.385. The first-order chi connectivity index (χ1) is 14.5. The van der Waals surface area contributed by atoms with Gasteiger partial charge in [0.25, 0.3) is 11.7 Å². The van der Waals surface area contributed by atoms with Crippen LogP contribution in [0.1, 0.15) is 17.2 Å². The summed E-state index contributed by atoms with van der Waals surface area (Å²) in [7, 11) is 1.51. The van der Waals surface area contributed by atoms with E-state index in [1.807, 2.05) is 0 Å². The molecule has 4 rings (SSSR count). The molecule has 6 nitrogen and oxygen atoms in total. The van der Waals surface area contributed by atoms with Crippen LogP contribution in [0.4, 0.5) is 5.69 Å². The molecule has 1 amide bonds. The highest BCUT2D eigenvalue weighted by molar-refractivity contribution is 6.51. The van der Waals surface area contributed by atoms with E-state index in [0.717, 1.165) is 0 Å². The van der Waals surface area contributed by atoms with Gasteiger partial charge in [-0.2, -0.15) is 0 Å². The Kier molecular flexibility index (Phi) is 5.25. The Balaban J connectivity index is 1.98. The van der Waals surface area contributed by atoms with E-state index in [-0.39, 0.29) is 11.3 Å². The van der Waals surface area contributed by atoms with Crippen LogP contribution in [-0.4, -0.2) is 28.9 Å². The number of ketones is 1. The van der Waals surface area contributed by atoms with E-state index in [2.05, 4.69) is 4.98 Å². The summed E-state index contributed by atoms with van der Waals surface area (Å²) < 4.78 is 5.48. The Hall–Kier alpha value is -3.64. The third-order valence-corrected chi connectivity index (χ3v) is 5.17. The SMILES string of the molecule is COc1ccccc1C1/C(=C(/O)c2ccc(Cl)cc2)C(=O)C(=O)N1c1cccnc1. The molecule has 2 aromatic carbocycles. The molecule has 1 aliphatic heterocycles. The van der Waals surface area contributed by atoms with Gasteiger partial charge in [-0.05, 0) is 42.5 Å². The van der Waals surface area contributed by atoms with E-state index in [4.69, 9.17) is 16.3 Å². The molecule has 7 heteroatoms. The molecule has 3 aromatic rings. The Morgan fingerprint density at radius 3 is 2.47 bits per heavy atom. The summed E-state index contributed by atoms with van der Waals surface area (Å²) in [6.07, 6.45) is 3.07. The lowest BCUT2D eigenvalue weighted by molar-refractivity contribution is -0.132. The molecule has 1 unspecified atom stereocenters. The fourth-order valence-electron chi connectivity index (χ4n) is 3.54. The molecule has 1 aromatic heterocycles. The Morgan fingerprint density at radius 2 is 1.80 bits per heavy atom. The number of halogens is 1. The number of hydrogen-bond donors (Lipinski definition) is 1. The zero-order valence-electron chi connectivity index (χ0n) is 15.9. The summed E-state index contributed by atoms with van der Waals surface area (Å²) in [4.78, 5) is 31.5. The van der Waals surface area contributed by atoms with Gasteiger partial charge in [0.05, 0.1) is 30.6 Å². The third-order valence-electron chi connectivity index (χ3n) is 4.92. The lowest BCUT2D eigenvalue weighted by atomic mass is 9.94. The fraction of sp³-hybridized carbons (Fsp3) is 0.0870. The van der Waals surface area contributed by atoms with Gasteiger partial charge in [0.1, 0.15) is 11.5 Å². The van der Waals surface area contributed by atoms with E-state index < -0.39 is 17.7 Å². The van der Waals surface area contributed by atoms with Gasteiger partial charge in [0.15, 0.2) is 0 Å². The first-order valence-electron chi connectivity index (χ1n) is 9.13. The summed E-state index contributed by atoms with van der Waals surface area (Å²) in [5.74, 6) is -1.34. The van der Waals surface area contributed by atoms with Gasteiger partial charge < -0.3 is 9.84 Å². The van der Waals surface area contributed by atoms with Crippen molar-refractivity contribution in [3.05, 3.63) is 94.8 Å². The number of nitrogens with zero attached hydrogens (tertiary/aromatic N) is 2. The van der Waals surface area contributed by atoms with Crippen LogP contribution >= 0.6 is 11.6 Å². The lowest BCUT2D eigenvalue weighted by Crippen LogP contribution is -2.29. The van der Waals surface area contributed by atoms with Gasteiger partial charge in [0, 0.05) is 22.3 Å². The molecule has 1 aliphatic rings. The zero-order chi connectivity index (χ0) is 21.3. The maximum atomic E-state index is 13.1. The van der Waals surface area contributed by atoms with E-state index in [9.17, 15) is 14.7 Å². The van der Waals surface area contributed by atoms with Crippen molar-refractivity contribution >= 4 is 34.7 Å². The Labute approximate surface area is 178 Å². The van der Waals surface area contributed by atoms with Crippen molar-refractivity contribution in [2.75, 3.05) is 12.0 Å². The number of aliphatic hydroxyl groups is 1. The summed E-state index contributed by atoms with van der Waals surface area (Å²) in [6.45, 7) is 0. The van der Waals surface area contributed by atoms with Crippen LogP contribution in [0.15, 0.2) is 78.6 Å². The molecule has 1 N–H and O–H groups in total. The molecule has 2 heterocycles. The second-order valence-electron chi connectivity index (χ2n) is 6.63. The molecule has 1 saturated heterocycles. The highest BCUT2D eigenvalue weighted by Gasteiger charge is 2.47. The highest BCUT2D eigenvalue weighted by atomic mass is 35.5.